The number of nitrogens with one attached hydrogen (secondary N) is 1. The largest absolute Gasteiger partial charge is 0.391 e. The van der Waals surface area contributed by atoms with E-state index in [4.69, 9.17) is 0 Å². The Morgan fingerprint density at radius 2 is 2.33 bits per heavy atom. The number of amides is 1. The number of piperidine rings is 1. The third-order valence-corrected chi connectivity index (χ3v) is 2.37. The summed E-state index contributed by atoms with van der Waals surface area (Å²) in [5.41, 5.74) is 0. The summed E-state index contributed by atoms with van der Waals surface area (Å²) in [7, 11) is 3.46. The van der Waals surface area contributed by atoms with Gasteiger partial charge in [0, 0.05) is 7.05 Å². The zero-order valence-corrected chi connectivity index (χ0v) is 7.58. The Labute approximate surface area is 72.6 Å². The average molecular weight is 172 g/mol. The standard InChI is InChI=1S/C8H16N2O2/c1-9-8(12)7-6(11)4-3-5-10(7)2/h6-7,11H,3-5H2,1-2H3,(H,9,12). The normalized spacial score (nSPS) is 31.6. The van der Waals surface area contributed by atoms with Gasteiger partial charge in [0.05, 0.1) is 6.10 Å². The molecule has 2 unspecified atom stereocenters. The number of aliphatic hydroxyl groups is 1. The van der Waals surface area contributed by atoms with Gasteiger partial charge in [-0.15, -0.1) is 0 Å². The fraction of sp³-hybridized carbons (Fsp3) is 0.875. The molecule has 0 spiro atoms. The van der Waals surface area contributed by atoms with Gasteiger partial charge < -0.3 is 10.4 Å². The zero-order valence-electron chi connectivity index (χ0n) is 7.58. The van der Waals surface area contributed by atoms with Gasteiger partial charge in [0.1, 0.15) is 6.04 Å². The topological polar surface area (TPSA) is 52.6 Å². The van der Waals surface area contributed by atoms with E-state index < -0.39 is 6.10 Å². The molecule has 1 heterocycles. The zero-order chi connectivity index (χ0) is 9.14. The molecule has 0 radical (unpaired) electrons. The molecule has 0 aliphatic carbocycles. The van der Waals surface area contributed by atoms with E-state index in [-0.39, 0.29) is 11.9 Å². The SMILES string of the molecule is CNC(=O)C1C(O)CCCN1C. The Morgan fingerprint density at radius 1 is 1.67 bits per heavy atom. The molecule has 0 saturated carbocycles. The number of hydrogen-bond acceptors (Lipinski definition) is 3. The van der Waals surface area contributed by atoms with Crippen molar-refractivity contribution in [2.75, 3.05) is 20.6 Å². The second-order valence-corrected chi connectivity index (χ2v) is 3.25. The molecule has 2 N–H and O–H groups in total. The lowest BCUT2D eigenvalue weighted by atomic mass is 9.99. The molecule has 1 fully saturated rings. The van der Waals surface area contributed by atoms with Gasteiger partial charge in [-0.3, -0.25) is 9.69 Å². The maximum atomic E-state index is 11.3. The van der Waals surface area contributed by atoms with Crippen LogP contribution in [0.15, 0.2) is 0 Å². The number of likely N-dealkylation sites (N-methyl/N-ethyl adjacent to an activating group) is 2. The molecule has 0 aromatic heterocycles. The van der Waals surface area contributed by atoms with Crippen LogP contribution in [0.5, 0.6) is 0 Å². The summed E-state index contributed by atoms with van der Waals surface area (Å²) in [5.74, 6) is -0.0929. The number of likely N-dealkylation sites (tertiary alicyclic amines) is 1. The maximum absolute atomic E-state index is 11.3. The molecule has 1 aliphatic rings. The molecule has 4 nitrogen and oxygen atoms in total. The van der Waals surface area contributed by atoms with Crippen molar-refractivity contribution in [2.45, 2.75) is 25.0 Å². The van der Waals surface area contributed by atoms with Crippen LogP contribution in [-0.2, 0) is 4.79 Å². The minimum absolute atomic E-state index is 0.0929. The van der Waals surface area contributed by atoms with Crippen LogP contribution in [0.3, 0.4) is 0 Å². The van der Waals surface area contributed by atoms with Crippen molar-refractivity contribution in [3.63, 3.8) is 0 Å². The number of carbonyl (C=O) groups is 1. The van der Waals surface area contributed by atoms with E-state index in [1.807, 2.05) is 11.9 Å². The molecule has 1 rings (SSSR count). The molecule has 4 heteroatoms. The highest BCUT2D eigenvalue weighted by Crippen LogP contribution is 2.15. The monoisotopic (exact) mass is 172 g/mol. The van der Waals surface area contributed by atoms with Crippen molar-refractivity contribution in [3.8, 4) is 0 Å². The summed E-state index contributed by atoms with van der Waals surface area (Å²) in [5, 5.41) is 12.1. The van der Waals surface area contributed by atoms with Crippen molar-refractivity contribution >= 4 is 5.91 Å². The Hall–Kier alpha value is -0.610. The van der Waals surface area contributed by atoms with Crippen LogP contribution in [0, 0.1) is 0 Å². The number of rotatable bonds is 1. The highest BCUT2D eigenvalue weighted by Gasteiger charge is 2.32. The number of aliphatic hydroxyl groups excluding tert-OH is 1. The predicted octanol–water partition coefficient (Wildman–Crippen LogP) is -0.813. The summed E-state index contributed by atoms with van der Waals surface area (Å²) in [6.07, 6.45) is 1.18. The summed E-state index contributed by atoms with van der Waals surface area (Å²) in [6.45, 7) is 0.884. The van der Waals surface area contributed by atoms with E-state index in [9.17, 15) is 9.90 Å². The van der Waals surface area contributed by atoms with Gasteiger partial charge in [0.2, 0.25) is 5.91 Å². The summed E-state index contributed by atoms with van der Waals surface area (Å²) >= 11 is 0. The fourth-order valence-electron chi connectivity index (χ4n) is 1.66. The second kappa shape index (κ2) is 3.87. The van der Waals surface area contributed by atoms with Gasteiger partial charge in [0.15, 0.2) is 0 Å². The van der Waals surface area contributed by atoms with E-state index in [1.165, 1.54) is 0 Å². The van der Waals surface area contributed by atoms with E-state index in [0.29, 0.717) is 0 Å². The van der Waals surface area contributed by atoms with Crippen molar-refractivity contribution in [2.24, 2.45) is 0 Å². The highest BCUT2D eigenvalue weighted by atomic mass is 16.3. The Bertz CT molecular complexity index is 162. The first-order valence-corrected chi connectivity index (χ1v) is 4.26. The van der Waals surface area contributed by atoms with Gasteiger partial charge in [-0.25, -0.2) is 0 Å². The fourth-order valence-corrected chi connectivity index (χ4v) is 1.66. The molecular weight excluding hydrogens is 156 g/mol. The quantitative estimate of drug-likeness (QED) is 0.544. The Balaban J connectivity index is 2.62. The van der Waals surface area contributed by atoms with Gasteiger partial charge >= 0.3 is 0 Å². The van der Waals surface area contributed by atoms with Gasteiger partial charge in [-0.1, -0.05) is 0 Å². The lowest BCUT2D eigenvalue weighted by Crippen LogP contribution is -2.54. The minimum Gasteiger partial charge on any atom is -0.391 e. The summed E-state index contributed by atoms with van der Waals surface area (Å²) in [6, 6.07) is -0.358. The van der Waals surface area contributed by atoms with Crippen LogP contribution >= 0.6 is 0 Å². The molecule has 0 aromatic rings. The van der Waals surface area contributed by atoms with Gasteiger partial charge in [-0.05, 0) is 26.4 Å². The second-order valence-electron chi connectivity index (χ2n) is 3.25. The van der Waals surface area contributed by atoms with Crippen LogP contribution in [0.2, 0.25) is 0 Å². The lowest BCUT2D eigenvalue weighted by molar-refractivity contribution is -0.131. The molecule has 1 amide bonds. The summed E-state index contributed by atoms with van der Waals surface area (Å²) in [4.78, 5) is 13.2. The van der Waals surface area contributed by atoms with Crippen molar-refractivity contribution in [1.29, 1.82) is 0 Å². The molecule has 70 valence electrons. The number of nitrogens with zero attached hydrogens (tertiary/aromatic N) is 1. The lowest BCUT2D eigenvalue weighted by Gasteiger charge is -2.34. The third-order valence-electron chi connectivity index (χ3n) is 2.37. The van der Waals surface area contributed by atoms with Gasteiger partial charge in [0.25, 0.3) is 0 Å². The molecule has 12 heavy (non-hydrogen) atoms. The van der Waals surface area contributed by atoms with E-state index in [1.54, 1.807) is 7.05 Å². The van der Waals surface area contributed by atoms with Crippen molar-refractivity contribution in [1.82, 2.24) is 10.2 Å². The molecule has 1 saturated heterocycles. The molecule has 0 bridgehead atoms. The predicted molar refractivity (Wildman–Crippen MR) is 45.7 cm³/mol. The van der Waals surface area contributed by atoms with Crippen molar-refractivity contribution in [3.05, 3.63) is 0 Å². The van der Waals surface area contributed by atoms with Gasteiger partial charge in [-0.2, -0.15) is 0 Å². The third kappa shape index (κ3) is 1.76. The van der Waals surface area contributed by atoms with Crippen LogP contribution < -0.4 is 5.32 Å². The van der Waals surface area contributed by atoms with Crippen LogP contribution in [-0.4, -0.2) is 48.7 Å². The van der Waals surface area contributed by atoms with Crippen molar-refractivity contribution < 1.29 is 9.90 Å². The summed E-state index contributed by atoms with van der Waals surface area (Å²) < 4.78 is 0. The Kier molecular flexibility index (Phi) is 3.05. The van der Waals surface area contributed by atoms with Crippen LogP contribution in [0.1, 0.15) is 12.8 Å². The smallest absolute Gasteiger partial charge is 0.239 e. The Morgan fingerprint density at radius 3 is 2.83 bits per heavy atom. The number of hydrogen-bond donors (Lipinski definition) is 2. The first kappa shape index (κ1) is 9.48. The molecule has 0 aromatic carbocycles. The molecule has 2 atom stereocenters. The minimum atomic E-state index is -0.510. The van der Waals surface area contributed by atoms with E-state index in [0.717, 1.165) is 19.4 Å². The van der Waals surface area contributed by atoms with Crippen LogP contribution in [0.4, 0.5) is 0 Å². The first-order chi connectivity index (χ1) is 5.66. The average Bonchev–Trinajstić information content (AvgIpc) is 2.03. The molecular formula is C8H16N2O2. The van der Waals surface area contributed by atoms with Crippen LogP contribution in [0.25, 0.3) is 0 Å². The van der Waals surface area contributed by atoms with E-state index >= 15 is 0 Å². The number of carbonyl (C=O) groups excluding carboxylic acids is 1. The van der Waals surface area contributed by atoms with E-state index in [2.05, 4.69) is 5.32 Å². The maximum Gasteiger partial charge on any atom is 0.239 e. The molecule has 1 aliphatic heterocycles. The first-order valence-electron chi connectivity index (χ1n) is 4.26. The highest BCUT2D eigenvalue weighted by molar-refractivity contribution is 5.82.